The Labute approximate surface area is 176 Å². The third-order valence-electron chi connectivity index (χ3n) is 4.44. The largest absolute Gasteiger partial charge is 0.457 e. The predicted molar refractivity (Wildman–Crippen MR) is 117 cm³/mol. The molecule has 0 saturated heterocycles. The quantitative estimate of drug-likeness (QED) is 0.546. The summed E-state index contributed by atoms with van der Waals surface area (Å²) in [6, 6.07) is 23.5. The molecule has 0 fully saturated rings. The zero-order valence-electron chi connectivity index (χ0n) is 17.3. The summed E-state index contributed by atoms with van der Waals surface area (Å²) in [6.45, 7) is 6.02. The highest BCUT2D eigenvalue weighted by Crippen LogP contribution is 2.24. The average molecular weight is 403 g/mol. The van der Waals surface area contributed by atoms with Crippen LogP contribution in [0.1, 0.15) is 36.7 Å². The summed E-state index contributed by atoms with van der Waals surface area (Å²) in [7, 11) is 0. The first-order valence-corrected chi connectivity index (χ1v) is 9.72. The first kappa shape index (κ1) is 21.1. The highest BCUT2D eigenvalue weighted by atomic mass is 16.5. The van der Waals surface area contributed by atoms with E-state index in [-0.39, 0.29) is 12.0 Å². The van der Waals surface area contributed by atoms with Crippen LogP contribution in [0.3, 0.4) is 0 Å². The lowest BCUT2D eigenvalue weighted by Crippen LogP contribution is -2.21. The molecule has 1 N–H and O–H groups in total. The van der Waals surface area contributed by atoms with E-state index in [0.717, 1.165) is 0 Å². The lowest BCUT2D eigenvalue weighted by Gasteiger charge is -2.19. The third-order valence-corrected chi connectivity index (χ3v) is 4.44. The Morgan fingerprint density at radius 2 is 1.40 bits per heavy atom. The summed E-state index contributed by atoms with van der Waals surface area (Å²) in [5.74, 6) is 0.351. The molecule has 0 radical (unpaired) electrons. The smallest absolute Gasteiger partial charge is 0.338 e. The van der Waals surface area contributed by atoms with Crippen molar-refractivity contribution in [1.82, 2.24) is 0 Å². The molecule has 5 nitrogen and oxygen atoms in total. The van der Waals surface area contributed by atoms with E-state index in [1.807, 2.05) is 54.6 Å². The summed E-state index contributed by atoms with van der Waals surface area (Å²) in [6.07, 6.45) is 0. The van der Waals surface area contributed by atoms with E-state index < -0.39 is 11.9 Å². The standard InChI is InChI=1S/C25H25NO4/c1-25(2,3)19-11-13-20(14-12-19)26-23(27)17-29-24(28)18-9-15-22(16-10-18)30-21-7-5-4-6-8-21/h4-16H,17H2,1-3H3,(H,26,27). The minimum Gasteiger partial charge on any atom is -0.457 e. The van der Waals surface area contributed by atoms with Gasteiger partial charge in [-0.2, -0.15) is 0 Å². The molecule has 30 heavy (non-hydrogen) atoms. The van der Waals surface area contributed by atoms with Gasteiger partial charge in [-0.3, -0.25) is 4.79 Å². The van der Waals surface area contributed by atoms with Crippen LogP contribution in [0.2, 0.25) is 0 Å². The van der Waals surface area contributed by atoms with Gasteiger partial charge in [0.15, 0.2) is 6.61 Å². The summed E-state index contributed by atoms with van der Waals surface area (Å²) in [5, 5.41) is 2.73. The van der Waals surface area contributed by atoms with Crippen LogP contribution in [0.25, 0.3) is 0 Å². The van der Waals surface area contributed by atoms with E-state index in [0.29, 0.717) is 22.7 Å². The predicted octanol–water partition coefficient (Wildman–Crippen LogP) is 5.57. The molecule has 0 saturated carbocycles. The van der Waals surface area contributed by atoms with Gasteiger partial charge in [0, 0.05) is 5.69 Å². The van der Waals surface area contributed by atoms with Gasteiger partial charge < -0.3 is 14.8 Å². The Kier molecular flexibility index (Phi) is 6.52. The van der Waals surface area contributed by atoms with Crippen molar-refractivity contribution < 1.29 is 19.1 Å². The minimum atomic E-state index is -0.570. The molecule has 154 valence electrons. The number of carbonyl (C=O) groups is 2. The second kappa shape index (κ2) is 9.27. The monoisotopic (exact) mass is 403 g/mol. The maximum absolute atomic E-state index is 12.2. The van der Waals surface area contributed by atoms with Gasteiger partial charge in [0.05, 0.1) is 5.56 Å². The number of amides is 1. The highest BCUT2D eigenvalue weighted by Gasteiger charge is 2.14. The zero-order chi connectivity index (χ0) is 21.6. The van der Waals surface area contributed by atoms with E-state index in [4.69, 9.17) is 9.47 Å². The molecule has 0 aliphatic carbocycles. The molecular weight excluding hydrogens is 378 g/mol. The Balaban J connectivity index is 1.49. The fourth-order valence-electron chi connectivity index (χ4n) is 2.75. The summed E-state index contributed by atoms with van der Waals surface area (Å²) >= 11 is 0. The number of hydrogen-bond acceptors (Lipinski definition) is 4. The molecule has 0 aliphatic rings. The molecule has 3 aromatic rings. The van der Waals surface area contributed by atoms with Gasteiger partial charge in [-0.15, -0.1) is 0 Å². The molecule has 0 aliphatic heterocycles. The number of hydrogen-bond donors (Lipinski definition) is 1. The van der Waals surface area contributed by atoms with Crippen LogP contribution in [0.4, 0.5) is 5.69 Å². The van der Waals surface area contributed by atoms with E-state index >= 15 is 0 Å². The number of anilines is 1. The molecular formula is C25H25NO4. The van der Waals surface area contributed by atoms with Crippen LogP contribution in [0.5, 0.6) is 11.5 Å². The molecule has 0 bridgehead atoms. The molecule has 0 spiro atoms. The van der Waals surface area contributed by atoms with Crippen molar-refractivity contribution in [3.05, 3.63) is 90.0 Å². The average Bonchev–Trinajstić information content (AvgIpc) is 2.73. The van der Waals surface area contributed by atoms with Crippen LogP contribution >= 0.6 is 0 Å². The van der Waals surface area contributed by atoms with Crippen molar-refractivity contribution in [3.63, 3.8) is 0 Å². The second-order valence-corrected chi connectivity index (χ2v) is 7.89. The van der Waals surface area contributed by atoms with E-state index in [9.17, 15) is 9.59 Å². The van der Waals surface area contributed by atoms with Gasteiger partial charge in [-0.1, -0.05) is 51.1 Å². The first-order valence-electron chi connectivity index (χ1n) is 9.72. The van der Waals surface area contributed by atoms with E-state index in [1.165, 1.54) is 5.56 Å². The lowest BCUT2D eigenvalue weighted by atomic mass is 9.87. The first-order chi connectivity index (χ1) is 14.3. The van der Waals surface area contributed by atoms with Crippen molar-refractivity contribution in [1.29, 1.82) is 0 Å². The molecule has 0 unspecified atom stereocenters. The number of rotatable bonds is 6. The molecule has 0 aromatic heterocycles. The van der Waals surface area contributed by atoms with Gasteiger partial charge >= 0.3 is 5.97 Å². The number of ether oxygens (including phenoxy) is 2. The Hall–Kier alpha value is -3.60. The third kappa shape index (κ3) is 5.95. The van der Waals surface area contributed by atoms with Gasteiger partial charge in [0.25, 0.3) is 5.91 Å². The van der Waals surface area contributed by atoms with Crippen LogP contribution in [-0.4, -0.2) is 18.5 Å². The number of carbonyl (C=O) groups excluding carboxylic acids is 2. The van der Waals surface area contributed by atoms with Crippen LogP contribution in [-0.2, 0) is 14.9 Å². The lowest BCUT2D eigenvalue weighted by molar-refractivity contribution is -0.119. The summed E-state index contributed by atoms with van der Waals surface area (Å²) in [5.41, 5.74) is 2.22. The van der Waals surface area contributed by atoms with Crippen LogP contribution in [0, 0.1) is 0 Å². The molecule has 5 heteroatoms. The minimum absolute atomic E-state index is 0.0414. The summed E-state index contributed by atoms with van der Waals surface area (Å²) in [4.78, 5) is 24.3. The molecule has 0 atom stereocenters. The number of para-hydroxylation sites is 1. The SMILES string of the molecule is CC(C)(C)c1ccc(NC(=O)COC(=O)c2ccc(Oc3ccccc3)cc2)cc1. The number of nitrogens with one attached hydrogen (secondary N) is 1. The van der Waals surface area contributed by atoms with Crippen molar-refractivity contribution in [2.75, 3.05) is 11.9 Å². The van der Waals surface area contributed by atoms with Gasteiger partial charge in [-0.25, -0.2) is 4.79 Å². The zero-order valence-corrected chi connectivity index (χ0v) is 17.3. The van der Waals surface area contributed by atoms with Crippen LogP contribution in [0.15, 0.2) is 78.9 Å². The molecule has 3 aromatic carbocycles. The Bertz CT molecular complexity index is 988. The Morgan fingerprint density at radius 1 is 0.800 bits per heavy atom. The second-order valence-electron chi connectivity index (χ2n) is 7.89. The highest BCUT2D eigenvalue weighted by molar-refractivity contribution is 5.95. The van der Waals surface area contributed by atoms with Crippen molar-refractivity contribution in [3.8, 4) is 11.5 Å². The van der Waals surface area contributed by atoms with Crippen molar-refractivity contribution >= 4 is 17.6 Å². The van der Waals surface area contributed by atoms with Gasteiger partial charge in [-0.05, 0) is 59.5 Å². The fraction of sp³-hybridized carbons (Fsp3) is 0.200. The maximum atomic E-state index is 12.2. The van der Waals surface area contributed by atoms with E-state index in [1.54, 1.807) is 24.3 Å². The molecule has 0 heterocycles. The Morgan fingerprint density at radius 3 is 2.00 bits per heavy atom. The molecule has 1 amide bonds. The fourth-order valence-corrected chi connectivity index (χ4v) is 2.75. The van der Waals surface area contributed by atoms with E-state index in [2.05, 4.69) is 26.1 Å². The molecule has 3 rings (SSSR count). The topological polar surface area (TPSA) is 64.6 Å². The van der Waals surface area contributed by atoms with Gasteiger partial charge in [0.2, 0.25) is 0 Å². The summed E-state index contributed by atoms with van der Waals surface area (Å²) < 4.78 is 10.8. The van der Waals surface area contributed by atoms with Gasteiger partial charge in [0.1, 0.15) is 11.5 Å². The maximum Gasteiger partial charge on any atom is 0.338 e. The number of benzene rings is 3. The normalized spacial score (nSPS) is 10.9. The van der Waals surface area contributed by atoms with Crippen molar-refractivity contribution in [2.24, 2.45) is 0 Å². The van der Waals surface area contributed by atoms with Crippen molar-refractivity contribution in [2.45, 2.75) is 26.2 Å². The van der Waals surface area contributed by atoms with Crippen LogP contribution < -0.4 is 10.1 Å². The number of esters is 1.